The second-order valence-electron chi connectivity index (χ2n) is 4.28. The van der Waals surface area contributed by atoms with Crippen LogP contribution in [0.4, 0.5) is 0 Å². The third-order valence-electron chi connectivity index (χ3n) is 2.84. The van der Waals surface area contributed by atoms with E-state index in [1.807, 2.05) is 16.5 Å². The average Bonchev–Trinajstić information content (AvgIpc) is 3.00. The second kappa shape index (κ2) is 5.43. The number of hydrogen-bond acceptors (Lipinski definition) is 3. The molecule has 0 bridgehead atoms. The van der Waals surface area contributed by atoms with E-state index in [0.29, 0.717) is 24.9 Å². The Morgan fingerprint density at radius 2 is 2.44 bits per heavy atom. The Balaban J connectivity index is 1.92. The van der Waals surface area contributed by atoms with E-state index in [1.54, 1.807) is 11.3 Å². The van der Waals surface area contributed by atoms with Gasteiger partial charge in [-0.15, -0.1) is 11.3 Å². The molecule has 1 aliphatic rings. The number of amides is 1. The lowest BCUT2D eigenvalue weighted by Crippen LogP contribution is -2.32. The molecule has 1 aromatic heterocycles. The quantitative estimate of drug-likeness (QED) is 0.763. The van der Waals surface area contributed by atoms with Gasteiger partial charge in [0.25, 0.3) is 0 Å². The van der Waals surface area contributed by atoms with E-state index in [2.05, 4.69) is 11.9 Å². The number of hydrogen-bond donors (Lipinski definition) is 0. The Hall–Kier alpha value is -0.900. The molecule has 0 aromatic carbocycles. The molecule has 1 aliphatic carbocycles. The van der Waals surface area contributed by atoms with E-state index in [4.69, 9.17) is 0 Å². The summed E-state index contributed by atoms with van der Waals surface area (Å²) >= 11 is 1.63. The molecule has 0 unspecified atom stereocenters. The highest BCUT2D eigenvalue weighted by atomic mass is 32.1. The summed E-state index contributed by atoms with van der Waals surface area (Å²) in [6.45, 7) is 2.83. The lowest BCUT2D eigenvalue weighted by atomic mass is 10.2. The van der Waals surface area contributed by atoms with Gasteiger partial charge in [-0.2, -0.15) is 0 Å². The molecule has 0 N–H and O–H groups in total. The van der Waals surface area contributed by atoms with Crippen molar-refractivity contribution >= 4 is 17.2 Å². The minimum atomic E-state index is 0.305. The maximum Gasteiger partial charge on any atom is 0.223 e. The van der Waals surface area contributed by atoms with Gasteiger partial charge in [-0.3, -0.25) is 4.79 Å². The molecule has 0 aliphatic heterocycles. The molecule has 1 aromatic rings. The summed E-state index contributed by atoms with van der Waals surface area (Å²) < 4.78 is 0. The minimum Gasteiger partial charge on any atom is -0.333 e. The van der Waals surface area contributed by atoms with Gasteiger partial charge in [0.1, 0.15) is 5.01 Å². The molecule has 1 heterocycles. The van der Waals surface area contributed by atoms with Gasteiger partial charge in [0.2, 0.25) is 5.91 Å². The van der Waals surface area contributed by atoms with Crippen molar-refractivity contribution in [2.45, 2.75) is 51.6 Å². The van der Waals surface area contributed by atoms with Crippen molar-refractivity contribution in [1.29, 1.82) is 0 Å². The van der Waals surface area contributed by atoms with Crippen molar-refractivity contribution in [3.63, 3.8) is 0 Å². The predicted octanol–water partition coefficient (Wildman–Crippen LogP) is 2.82. The highest BCUT2D eigenvalue weighted by Crippen LogP contribution is 2.29. The first-order valence-electron chi connectivity index (χ1n) is 5.99. The molecule has 3 nitrogen and oxygen atoms in total. The summed E-state index contributed by atoms with van der Waals surface area (Å²) in [7, 11) is 0. The predicted molar refractivity (Wildman–Crippen MR) is 65.2 cm³/mol. The van der Waals surface area contributed by atoms with Crippen molar-refractivity contribution in [1.82, 2.24) is 9.88 Å². The lowest BCUT2D eigenvalue weighted by Gasteiger charge is -2.21. The van der Waals surface area contributed by atoms with Crippen molar-refractivity contribution in [2.24, 2.45) is 0 Å². The third kappa shape index (κ3) is 3.04. The van der Waals surface area contributed by atoms with Crippen molar-refractivity contribution in [3.8, 4) is 0 Å². The molecule has 0 saturated heterocycles. The largest absolute Gasteiger partial charge is 0.333 e. The van der Waals surface area contributed by atoms with Crippen LogP contribution in [0.15, 0.2) is 11.6 Å². The van der Waals surface area contributed by atoms with E-state index in [1.165, 1.54) is 12.8 Å². The molecule has 4 heteroatoms. The number of aromatic nitrogens is 1. The number of nitrogens with zero attached hydrogens (tertiary/aromatic N) is 2. The number of unbranched alkanes of at least 4 members (excludes halogenated alkanes) is 1. The van der Waals surface area contributed by atoms with Gasteiger partial charge in [-0.25, -0.2) is 4.98 Å². The fraction of sp³-hybridized carbons (Fsp3) is 0.667. The van der Waals surface area contributed by atoms with Crippen molar-refractivity contribution < 1.29 is 4.79 Å². The summed E-state index contributed by atoms with van der Waals surface area (Å²) in [5, 5.41) is 3.02. The van der Waals surface area contributed by atoms with Crippen LogP contribution in [0.25, 0.3) is 0 Å². The number of rotatable bonds is 6. The topological polar surface area (TPSA) is 33.2 Å². The molecular formula is C12H18N2OS. The summed E-state index contributed by atoms with van der Waals surface area (Å²) in [6.07, 6.45) is 6.92. The summed E-state index contributed by atoms with van der Waals surface area (Å²) in [4.78, 5) is 18.3. The first kappa shape index (κ1) is 11.6. The Morgan fingerprint density at radius 1 is 1.62 bits per heavy atom. The molecule has 0 atom stereocenters. The smallest absolute Gasteiger partial charge is 0.223 e. The Labute approximate surface area is 100 Å². The Morgan fingerprint density at radius 3 is 3.00 bits per heavy atom. The van der Waals surface area contributed by atoms with Crippen molar-refractivity contribution in [3.05, 3.63) is 16.6 Å². The SMILES string of the molecule is CCCCC(=O)N(Cc1nccs1)C1CC1. The third-order valence-corrected chi connectivity index (χ3v) is 3.61. The fourth-order valence-electron chi connectivity index (χ4n) is 1.76. The molecule has 88 valence electrons. The maximum atomic E-state index is 12.0. The van der Waals surface area contributed by atoms with Crippen LogP contribution in [-0.2, 0) is 11.3 Å². The van der Waals surface area contributed by atoms with Crippen LogP contribution in [-0.4, -0.2) is 21.8 Å². The number of thiazole rings is 1. The fourth-order valence-corrected chi connectivity index (χ4v) is 2.37. The zero-order valence-corrected chi connectivity index (χ0v) is 10.5. The monoisotopic (exact) mass is 238 g/mol. The Kier molecular flexibility index (Phi) is 3.93. The van der Waals surface area contributed by atoms with Crippen LogP contribution in [0.3, 0.4) is 0 Å². The van der Waals surface area contributed by atoms with Crippen LogP contribution in [0.1, 0.15) is 44.0 Å². The summed E-state index contributed by atoms with van der Waals surface area (Å²) in [5.74, 6) is 0.305. The first-order valence-corrected chi connectivity index (χ1v) is 6.87. The summed E-state index contributed by atoms with van der Waals surface area (Å²) in [5.41, 5.74) is 0. The van der Waals surface area contributed by atoms with Crippen LogP contribution in [0, 0.1) is 0 Å². The highest BCUT2D eigenvalue weighted by Gasteiger charge is 2.32. The second-order valence-corrected chi connectivity index (χ2v) is 5.26. The standard InChI is InChI=1S/C12H18N2OS/c1-2-3-4-12(15)14(10-5-6-10)9-11-13-7-8-16-11/h7-8,10H,2-6,9H2,1H3. The van der Waals surface area contributed by atoms with Gasteiger partial charge in [0.05, 0.1) is 6.54 Å². The molecular weight excluding hydrogens is 220 g/mol. The average molecular weight is 238 g/mol. The minimum absolute atomic E-state index is 0.305. The van der Waals surface area contributed by atoms with Crippen LogP contribution in [0.2, 0.25) is 0 Å². The highest BCUT2D eigenvalue weighted by molar-refractivity contribution is 7.09. The van der Waals surface area contributed by atoms with Crippen LogP contribution < -0.4 is 0 Å². The number of carbonyl (C=O) groups is 1. The zero-order chi connectivity index (χ0) is 11.4. The van der Waals surface area contributed by atoms with Crippen LogP contribution >= 0.6 is 11.3 Å². The molecule has 1 fully saturated rings. The Bertz CT molecular complexity index is 333. The van der Waals surface area contributed by atoms with E-state index in [0.717, 1.165) is 17.8 Å². The van der Waals surface area contributed by atoms with Gasteiger partial charge in [0, 0.05) is 24.0 Å². The molecule has 0 radical (unpaired) electrons. The number of carbonyl (C=O) groups excluding carboxylic acids is 1. The maximum absolute atomic E-state index is 12.0. The summed E-state index contributed by atoms with van der Waals surface area (Å²) in [6, 6.07) is 0.494. The van der Waals surface area contributed by atoms with Gasteiger partial charge in [-0.1, -0.05) is 13.3 Å². The van der Waals surface area contributed by atoms with E-state index in [9.17, 15) is 4.79 Å². The normalized spacial score (nSPS) is 15.1. The molecule has 0 spiro atoms. The van der Waals surface area contributed by atoms with Crippen molar-refractivity contribution in [2.75, 3.05) is 0 Å². The lowest BCUT2D eigenvalue weighted by molar-refractivity contribution is -0.132. The first-order chi connectivity index (χ1) is 7.81. The zero-order valence-electron chi connectivity index (χ0n) is 9.69. The molecule has 16 heavy (non-hydrogen) atoms. The van der Waals surface area contributed by atoms with Gasteiger partial charge in [-0.05, 0) is 19.3 Å². The molecule has 1 amide bonds. The molecule has 1 saturated carbocycles. The van der Waals surface area contributed by atoms with E-state index >= 15 is 0 Å². The van der Waals surface area contributed by atoms with E-state index < -0.39 is 0 Å². The van der Waals surface area contributed by atoms with Crippen LogP contribution in [0.5, 0.6) is 0 Å². The van der Waals surface area contributed by atoms with Gasteiger partial charge in [0.15, 0.2) is 0 Å². The van der Waals surface area contributed by atoms with E-state index in [-0.39, 0.29) is 0 Å². The molecule has 2 rings (SSSR count). The van der Waals surface area contributed by atoms with Gasteiger partial charge < -0.3 is 4.90 Å². The van der Waals surface area contributed by atoms with Gasteiger partial charge >= 0.3 is 0 Å².